The molecule has 0 aliphatic carbocycles. The Hall–Kier alpha value is -1.02. The molecule has 0 aromatic heterocycles. The lowest BCUT2D eigenvalue weighted by molar-refractivity contribution is 0.198. The molecule has 0 fully saturated rings. The predicted molar refractivity (Wildman–Crippen MR) is 46.3 cm³/mol. The van der Waals surface area contributed by atoms with E-state index in [-0.39, 0.29) is 6.10 Å². The van der Waals surface area contributed by atoms with Crippen molar-refractivity contribution < 1.29 is 9.84 Å². The molecule has 1 aliphatic heterocycles. The largest absolute Gasteiger partial charge is 0.493 e. The Kier molecular flexibility index (Phi) is 1.77. The molecule has 1 aromatic rings. The van der Waals surface area contributed by atoms with Crippen LogP contribution >= 0.6 is 0 Å². The minimum Gasteiger partial charge on any atom is -0.493 e. The van der Waals surface area contributed by atoms with Gasteiger partial charge in [0.1, 0.15) is 5.75 Å². The molecule has 0 amide bonds. The van der Waals surface area contributed by atoms with E-state index in [0.717, 1.165) is 24.3 Å². The van der Waals surface area contributed by atoms with Crippen molar-refractivity contribution in [3.63, 3.8) is 0 Å². The van der Waals surface area contributed by atoms with Crippen molar-refractivity contribution in [2.75, 3.05) is 6.61 Å². The zero-order chi connectivity index (χ0) is 8.55. The van der Waals surface area contributed by atoms with E-state index in [2.05, 4.69) is 0 Å². The molecular formula is C10H12O2. The van der Waals surface area contributed by atoms with Gasteiger partial charge in [-0.1, -0.05) is 12.1 Å². The Morgan fingerprint density at radius 2 is 2.33 bits per heavy atom. The summed E-state index contributed by atoms with van der Waals surface area (Å²) in [7, 11) is 0. The van der Waals surface area contributed by atoms with E-state index in [9.17, 15) is 5.11 Å². The molecule has 1 aliphatic rings. The quantitative estimate of drug-likeness (QED) is 0.684. The standard InChI is InChI=1S/C10H12O2/c1-7(11)8-3-2-4-10-9(8)5-6-12-10/h2-4,7,11H,5-6H2,1H3. The third-order valence-electron chi connectivity index (χ3n) is 2.23. The van der Waals surface area contributed by atoms with Crippen molar-refractivity contribution in [1.82, 2.24) is 0 Å². The molecule has 2 heteroatoms. The maximum absolute atomic E-state index is 9.43. The Morgan fingerprint density at radius 1 is 1.50 bits per heavy atom. The SMILES string of the molecule is CC(O)c1cccc2c1CCO2. The van der Waals surface area contributed by atoms with E-state index in [0.29, 0.717) is 0 Å². The van der Waals surface area contributed by atoms with Crippen molar-refractivity contribution in [3.8, 4) is 5.75 Å². The molecule has 12 heavy (non-hydrogen) atoms. The van der Waals surface area contributed by atoms with Crippen LogP contribution in [-0.2, 0) is 6.42 Å². The molecule has 0 bridgehead atoms. The zero-order valence-electron chi connectivity index (χ0n) is 7.08. The molecule has 1 unspecified atom stereocenters. The van der Waals surface area contributed by atoms with Crippen LogP contribution in [0, 0.1) is 0 Å². The fourth-order valence-electron chi connectivity index (χ4n) is 1.64. The summed E-state index contributed by atoms with van der Waals surface area (Å²) in [6.07, 6.45) is 0.540. The second-order valence-corrected chi connectivity index (χ2v) is 3.10. The van der Waals surface area contributed by atoms with Crippen LogP contribution in [-0.4, -0.2) is 11.7 Å². The lowest BCUT2D eigenvalue weighted by atomic mass is 10.0. The summed E-state index contributed by atoms with van der Waals surface area (Å²) in [5.74, 6) is 0.938. The molecule has 1 N–H and O–H groups in total. The highest BCUT2D eigenvalue weighted by atomic mass is 16.5. The van der Waals surface area contributed by atoms with Crippen molar-refractivity contribution in [3.05, 3.63) is 29.3 Å². The van der Waals surface area contributed by atoms with Gasteiger partial charge < -0.3 is 9.84 Å². The smallest absolute Gasteiger partial charge is 0.122 e. The van der Waals surface area contributed by atoms with Gasteiger partial charge in [0.25, 0.3) is 0 Å². The monoisotopic (exact) mass is 164 g/mol. The number of rotatable bonds is 1. The minimum atomic E-state index is -0.387. The third-order valence-corrected chi connectivity index (χ3v) is 2.23. The van der Waals surface area contributed by atoms with Gasteiger partial charge in [-0.2, -0.15) is 0 Å². The maximum Gasteiger partial charge on any atom is 0.122 e. The van der Waals surface area contributed by atoms with Gasteiger partial charge in [-0.3, -0.25) is 0 Å². The molecule has 0 spiro atoms. The average molecular weight is 164 g/mol. The number of ether oxygens (including phenoxy) is 1. The topological polar surface area (TPSA) is 29.5 Å². The van der Waals surface area contributed by atoms with Crippen LogP contribution in [0.15, 0.2) is 18.2 Å². The summed E-state index contributed by atoms with van der Waals surface area (Å²) >= 11 is 0. The Labute approximate surface area is 71.8 Å². The van der Waals surface area contributed by atoms with E-state index in [1.165, 1.54) is 5.56 Å². The number of aliphatic hydroxyl groups excluding tert-OH is 1. The summed E-state index contributed by atoms with van der Waals surface area (Å²) in [6.45, 7) is 2.53. The fraction of sp³-hybridized carbons (Fsp3) is 0.400. The highest BCUT2D eigenvalue weighted by Gasteiger charge is 2.17. The molecular weight excluding hydrogens is 152 g/mol. The zero-order valence-corrected chi connectivity index (χ0v) is 7.08. The number of benzene rings is 1. The number of fused-ring (bicyclic) bond motifs is 1. The molecule has 1 heterocycles. The van der Waals surface area contributed by atoms with Crippen LogP contribution in [0.25, 0.3) is 0 Å². The van der Waals surface area contributed by atoms with Gasteiger partial charge in [0.15, 0.2) is 0 Å². The Morgan fingerprint density at radius 3 is 3.08 bits per heavy atom. The molecule has 0 radical (unpaired) electrons. The highest BCUT2D eigenvalue weighted by molar-refractivity contribution is 5.43. The Balaban J connectivity index is 2.49. The summed E-state index contributed by atoms with van der Waals surface area (Å²) in [5, 5.41) is 9.43. The maximum atomic E-state index is 9.43. The van der Waals surface area contributed by atoms with E-state index in [1.54, 1.807) is 6.92 Å². The molecule has 2 rings (SSSR count). The number of hydrogen-bond acceptors (Lipinski definition) is 2. The first-order chi connectivity index (χ1) is 5.79. The molecule has 64 valence electrons. The summed E-state index contributed by atoms with van der Waals surface area (Å²) in [4.78, 5) is 0. The van der Waals surface area contributed by atoms with Gasteiger partial charge in [-0.25, -0.2) is 0 Å². The molecule has 1 aromatic carbocycles. The lowest BCUT2D eigenvalue weighted by Crippen LogP contribution is -1.95. The fourth-order valence-corrected chi connectivity index (χ4v) is 1.64. The first-order valence-electron chi connectivity index (χ1n) is 4.21. The number of aliphatic hydroxyl groups is 1. The van der Waals surface area contributed by atoms with Gasteiger partial charge in [-0.05, 0) is 18.6 Å². The van der Waals surface area contributed by atoms with E-state index in [4.69, 9.17) is 4.74 Å². The van der Waals surface area contributed by atoms with Crippen LogP contribution in [0.5, 0.6) is 5.75 Å². The first-order valence-corrected chi connectivity index (χ1v) is 4.21. The predicted octanol–water partition coefficient (Wildman–Crippen LogP) is 1.67. The summed E-state index contributed by atoms with van der Waals surface area (Å²) < 4.78 is 5.38. The van der Waals surface area contributed by atoms with Crippen molar-refractivity contribution in [2.45, 2.75) is 19.4 Å². The second-order valence-electron chi connectivity index (χ2n) is 3.10. The van der Waals surface area contributed by atoms with Crippen molar-refractivity contribution >= 4 is 0 Å². The van der Waals surface area contributed by atoms with Gasteiger partial charge in [-0.15, -0.1) is 0 Å². The van der Waals surface area contributed by atoms with Crippen LogP contribution in [0.4, 0.5) is 0 Å². The third kappa shape index (κ3) is 1.08. The highest BCUT2D eigenvalue weighted by Crippen LogP contribution is 2.31. The molecule has 2 nitrogen and oxygen atoms in total. The van der Waals surface area contributed by atoms with Crippen molar-refractivity contribution in [2.24, 2.45) is 0 Å². The van der Waals surface area contributed by atoms with Crippen molar-refractivity contribution in [1.29, 1.82) is 0 Å². The molecule has 1 atom stereocenters. The van der Waals surface area contributed by atoms with Crippen LogP contribution in [0.3, 0.4) is 0 Å². The van der Waals surface area contributed by atoms with Gasteiger partial charge in [0, 0.05) is 12.0 Å². The summed E-state index contributed by atoms with van der Waals surface area (Å²) in [5.41, 5.74) is 2.18. The molecule has 0 saturated carbocycles. The molecule has 0 saturated heterocycles. The lowest BCUT2D eigenvalue weighted by Gasteiger charge is -2.08. The number of hydrogen-bond donors (Lipinski definition) is 1. The van der Waals surface area contributed by atoms with Crippen LogP contribution < -0.4 is 4.74 Å². The van der Waals surface area contributed by atoms with Crippen LogP contribution in [0.1, 0.15) is 24.2 Å². The average Bonchev–Trinajstić information content (AvgIpc) is 2.49. The minimum absolute atomic E-state index is 0.387. The van der Waals surface area contributed by atoms with Gasteiger partial charge in [0.05, 0.1) is 12.7 Å². The van der Waals surface area contributed by atoms with E-state index < -0.39 is 0 Å². The van der Waals surface area contributed by atoms with Crippen LogP contribution in [0.2, 0.25) is 0 Å². The normalized spacial score (nSPS) is 16.8. The second kappa shape index (κ2) is 2.79. The van der Waals surface area contributed by atoms with E-state index >= 15 is 0 Å². The van der Waals surface area contributed by atoms with E-state index in [1.807, 2.05) is 18.2 Å². The first kappa shape index (κ1) is 7.62. The van der Waals surface area contributed by atoms with Gasteiger partial charge in [0.2, 0.25) is 0 Å². The Bertz CT molecular complexity index is 292. The van der Waals surface area contributed by atoms with Gasteiger partial charge >= 0.3 is 0 Å². The summed E-state index contributed by atoms with van der Waals surface area (Å²) in [6, 6.07) is 5.83.